The summed E-state index contributed by atoms with van der Waals surface area (Å²) in [4.78, 5) is 26.7. The fourth-order valence-electron chi connectivity index (χ4n) is 2.94. The molecule has 0 saturated heterocycles. The summed E-state index contributed by atoms with van der Waals surface area (Å²) >= 11 is 0. The summed E-state index contributed by atoms with van der Waals surface area (Å²) in [6.45, 7) is 2.23. The maximum absolute atomic E-state index is 12.7. The number of esters is 1. The first-order chi connectivity index (χ1) is 11.6. The van der Waals surface area contributed by atoms with E-state index in [1.165, 1.54) is 0 Å². The molecular formula is C19H20N2O3. The molecule has 0 spiro atoms. The summed E-state index contributed by atoms with van der Waals surface area (Å²) in [6, 6.07) is 14.9. The van der Waals surface area contributed by atoms with Gasteiger partial charge in [-0.05, 0) is 37.1 Å². The van der Waals surface area contributed by atoms with Gasteiger partial charge in [0, 0.05) is 25.0 Å². The Morgan fingerprint density at radius 1 is 1.12 bits per heavy atom. The molecule has 1 amide bonds. The molecule has 0 radical (unpaired) electrons. The van der Waals surface area contributed by atoms with E-state index >= 15 is 0 Å². The summed E-state index contributed by atoms with van der Waals surface area (Å²) < 4.78 is 5.40. The van der Waals surface area contributed by atoms with Crippen molar-refractivity contribution in [2.75, 3.05) is 23.8 Å². The topological polar surface area (TPSA) is 58.6 Å². The zero-order valence-electron chi connectivity index (χ0n) is 13.8. The Morgan fingerprint density at radius 3 is 2.62 bits per heavy atom. The lowest BCUT2D eigenvalue weighted by Gasteiger charge is -2.22. The molecule has 2 aromatic carbocycles. The van der Waals surface area contributed by atoms with Crippen LogP contribution in [0.3, 0.4) is 0 Å². The number of ether oxygens (including phenoxy) is 1. The van der Waals surface area contributed by atoms with Crippen molar-refractivity contribution in [1.82, 2.24) is 0 Å². The van der Waals surface area contributed by atoms with Crippen LogP contribution >= 0.6 is 0 Å². The first-order valence-corrected chi connectivity index (χ1v) is 7.99. The van der Waals surface area contributed by atoms with Crippen LogP contribution < -0.4 is 10.2 Å². The molecule has 0 bridgehead atoms. The van der Waals surface area contributed by atoms with Gasteiger partial charge in [-0.25, -0.2) is 4.79 Å². The van der Waals surface area contributed by atoms with Gasteiger partial charge in [0.1, 0.15) is 0 Å². The predicted molar refractivity (Wildman–Crippen MR) is 93.4 cm³/mol. The Hall–Kier alpha value is -2.82. The molecule has 5 nitrogen and oxygen atoms in total. The van der Waals surface area contributed by atoms with Gasteiger partial charge in [0.2, 0.25) is 0 Å². The second-order valence-electron chi connectivity index (χ2n) is 5.71. The van der Waals surface area contributed by atoms with Crippen molar-refractivity contribution in [1.29, 1.82) is 0 Å². The third-order valence-corrected chi connectivity index (χ3v) is 4.20. The molecule has 5 heteroatoms. The van der Waals surface area contributed by atoms with Gasteiger partial charge < -0.3 is 15.0 Å². The molecule has 1 atom stereocenters. The van der Waals surface area contributed by atoms with Crippen LogP contribution in [0, 0.1) is 0 Å². The SMILES string of the molecule is CNc1ccccc1C(=O)OC(C)C(=O)N1CCc2ccccc21. The molecule has 0 aromatic heterocycles. The molecule has 0 fully saturated rings. The van der Waals surface area contributed by atoms with E-state index in [1.54, 1.807) is 37.1 Å². The smallest absolute Gasteiger partial charge is 0.341 e. The molecule has 3 rings (SSSR count). The highest BCUT2D eigenvalue weighted by Crippen LogP contribution is 2.28. The number of nitrogens with one attached hydrogen (secondary N) is 1. The zero-order chi connectivity index (χ0) is 17.1. The minimum absolute atomic E-state index is 0.199. The van der Waals surface area contributed by atoms with Gasteiger partial charge in [-0.1, -0.05) is 30.3 Å². The van der Waals surface area contributed by atoms with E-state index in [4.69, 9.17) is 4.74 Å². The molecule has 1 aliphatic rings. The largest absolute Gasteiger partial charge is 0.449 e. The average molecular weight is 324 g/mol. The van der Waals surface area contributed by atoms with Crippen LogP contribution in [0.2, 0.25) is 0 Å². The van der Waals surface area contributed by atoms with Crippen LogP contribution in [0.1, 0.15) is 22.8 Å². The van der Waals surface area contributed by atoms with Crippen molar-refractivity contribution in [3.63, 3.8) is 0 Å². The summed E-state index contributed by atoms with van der Waals surface area (Å²) in [6.07, 6.45) is -0.0147. The van der Waals surface area contributed by atoms with Gasteiger partial charge >= 0.3 is 5.97 Å². The van der Waals surface area contributed by atoms with Crippen molar-refractivity contribution in [3.8, 4) is 0 Å². The first kappa shape index (κ1) is 16.1. The lowest BCUT2D eigenvalue weighted by atomic mass is 10.1. The van der Waals surface area contributed by atoms with Gasteiger partial charge in [-0.3, -0.25) is 4.79 Å². The molecule has 1 aliphatic heterocycles. The van der Waals surface area contributed by atoms with E-state index in [0.717, 1.165) is 17.7 Å². The minimum Gasteiger partial charge on any atom is -0.449 e. The van der Waals surface area contributed by atoms with Gasteiger partial charge in [0.05, 0.1) is 5.56 Å². The first-order valence-electron chi connectivity index (χ1n) is 7.99. The number of anilines is 2. The molecule has 1 N–H and O–H groups in total. The molecule has 1 heterocycles. The van der Waals surface area contributed by atoms with Crippen molar-refractivity contribution >= 4 is 23.3 Å². The van der Waals surface area contributed by atoms with Gasteiger partial charge in [0.25, 0.3) is 5.91 Å². The number of carbonyl (C=O) groups excluding carboxylic acids is 2. The van der Waals surface area contributed by atoms with Gasteiger partial charge in [-0.15, -0.1) is 0 Å². The van der Waals surface area contributed by atoms with E-state index in [2.05, 4.69) is 5.32 Å². The number of benzene rings is 2. The van der Waals surface area contributed by atoms with Crippen LogP contribution in [0.5, 0.6) is 0 Å². The van der Waals surface area contributed by atoms with Crippen molar-refractivity contribution in [2.45, 2.75) is 19.4 Å². The number of nitrogens with zero attached hydrogens (tertiary/aromatic N) is 1. The zero-order valence-corrected chi connectivity index (χ0v) is 13.8. The monoisotopic (exact) mass is 324 g/mol. The van der Waals surface area contributed by atoms with E-state index in [-0.39, 0.29) is 5.91 Å². The molecule has 2 aromatic rings. The minimum atomic E-state index is -0.839. The number of fused-ring (bicyclic) bond motifs is 1. The Morgan fingerprint density at radius 2 is 1.83 bits per heavy atom. The lowest BCUT2D eigenvalue weighted by Crippen LogP contribution is -2.39. The van der Waals surface area contributed by atoms with E-state index in [1.807, 2.05) is 30.3 Å². The van der Waals surface area contributed by atoms with E-state index < -0.39 is 12.1 Å². The van der Waals surface area contributed by atoms with Gasteiger partial charge in [0.15, 0.2) is 6.10 Å². The second-order valence-corrected chi connectivity index (χ2v) is 5.71. The van der Waals surface area contributed by atoms with Gasteiger partial charge in [-0.2, -0.15) is 0 Å². The fourth-order valence-corrected chi connectivity index (χ4v) is 2.94. The Bertz CT molecular complexity index is 773. The van der Waals surface area contributed by atoms with Crippen molar-refractivity contribution in [2.24, 2.45) is 0 Å². The third-order valence-electron chi connectivity index (χ3n) is 4.20. The number of para-hydroxylation sites is 2. The quantitative estimate of drug-likeness (QED) is 0.879. The van der Waals surface area contributed by atoms with Crippen LogP contribution in [-0.4, -0.2) is 31.6 Å². The molecule has 0 aliphatic carbocycles. The molecule has 124 valence electrons. The number of hydrogen-bond acceptors (Lipinski definition) is 4. The van der Waals surface area contributed by atoms with Crippen LogP contribution in [-0.2, 0) is 16.0 Å². The number of amides is 1. The molecule has 0 saturated carbocycles. The highest BCUT2D eigenvalue weighted by atomic mass is 16.5. The van der Waals surface area contributed by atoms with Crippen LogP contribution in [0.25, 0.3) is 0 Å². The average Bonchev–Trinajstić information content (AvgIpc) is 3.04. The number of carbonyl (C=O) groups is 2. The van der Waals surface area contributed by atoms with Crippen LogP contribution in [0.15, 0.2) is 48.5 Å². The Kier molecular flexibility index (Phi) is 4.51. The predicted octanol–water partition coefficient (Wildman–Crippen LogP) is 2.86. The maximum atomic E-state index is 12.7. The maximum Gasteiger partial charge on any atom is 0.341 e. The van der Waals surface area contributed by atoms with Crippen LogP contribution in [0.4, 0.5) is 11.4 Å². The highest BCUT2D eigenvalue weighted by Gasteiger charge is 2.30. The van der Waals surface area contributed by atoms with E-state index in [0.29, 0.717) is 17.8 Å². The molecule has 1 unspecified atom stereocenters. The summed E-state index contributed by atoms with van der Waals surface area (Å²) in [5.41, 5.74) is 3.14. The Labute approximate surface area is 141 Å². The van der Waals surface area contributed by atoms with Crippen molar-refractivity contribution < 1.29 is 14.3 Å². The van der Waals surface area contributed by atoms with E-state index in [9.17, 15) is 9.59 Å². The number of rotatable bonds is 4. The summed E-state index contributed by atoms with van der Waals surface area (Å²) in [7, 11) is 1.74. The van der Waals surface area contributed by atoms with Crippen molar-refractivity contribution in [3.05, 3.63) is 59.7 Å². The fraction of sp³-hybridized carbons (Fsp3) is 0.263. The Balaban J connectivity index is 1.72. The standard InChI is InChI=1S/C19H20N2O3/c1-13(24-19(23)15-8-4-5-9-16(15)20-2)18(22)21-12-11-14-7-3-6-10-17(14)21/h3-10,13,20H,11-12H2,1-2H3. The third kappa shape index (κ3) is 2.97. The summed E-state index contributed by atoms with van der Waals surface area (Å²) in [5, 5.41) is 2.95. The normalized spacial score (nSPS) is 14.0. The summed E-state index contributed by atoms with van der Waals surface area (Å²) in [5.74, 6) is -0.705. The molecule has 24 heavy (non-hydrogen) atoms. The lowest BCUT2D eigenvalue weighted by molar-refractivity contribution is -0.126. The highest BCUT2D eigenvalue weighted by molar-refractivity contribution is 6.01. The number of hydrogen-bond donors (Lipinski definition) is 1. The molecular weight excluding hydrogens is 304 g/mol. The second kappa shape index (κ2) is 6.74.